The summed E-state index contributed by atoms with van der Waals surface area (Å²) in [6, 6.07) is 0.0250. The van der Waals surface area contributed by atoms with Crippen LogP contribution in [0.1, 0.15) is 185 Å². The number of fused-ring (bicyclic) bond motifs is 6. The van der Waals surface area contributed by atoms with Crippen LogP contribution in [0.2, 0.25) is 0 Å². The Bertz CT molecular complexity index is 1240. The molecule has 0 spiro atoms. The van der Waals surface area contributed by atoms with Crippen molar-refractivity contribution in [1.29, 1.82) is 0 Å². The highest BCUT2D eigenvalue weighted by Crippen LogP contribution is 2.61. The highest BCUT2D eigenvalue weighted by Gasteiger charge is 2.59. The van der Waals surface area contributed by atoms with Crippen LogP contribution >= 0.6 is 0 Å². The molecular weight excluding hydrogens is 725 g/mol. The average molecular weight is 813 g/mol. The summed E-state index contributed by atoms with van der Waals surface area (Å²) in [7, 11) is 0. The van der Waals surface area contributed by atoms with Gasteiger partial charge in [0, 0.05) is 12.1 Å². The lowest BCUT2D eigenvalue weighted by atomic mass is 9.73. The standard InChI is InChI=1S/C50H88N2O6/c1-11-55-43(53)23-39(45-37-29-47(3,4)25-33(37)35-27-49(7,8)31-41(35)57-45)51-21-19-17-15-13-14-16-18-20-22-52-40(24-44(54)56-12-2)46-38-30-48(5,6)26-34(38)36-28-50(9,10)32-42(36)58-46/h33-42,45-46,51-52H,11-32H2,1-10H3/t33-,34-,35-,36-,37-,38-,39?,40?,41-,42-,45+,46+/m1/s1. The van der Waals surface area contributed by atoms with Crippen molar-refractivity contribution >= 4 is 11.9 Å². The fourth-order valence-corrected chi connectivity index (χ4v) is 13.9. The Hall–Kier alpha value is -1.22. The Balaban J connectivity index is 0.914. The van der Waals surface area contributed by atoms with E-state index in [0.29, 0.717) is 95.4 Å². The van der Waals surface area contributed by atoms with Crippen molar-refractivity contribution < 1.29 is 28.5 Å². The second-order valence-electron chi connectivity index (χ2n) is 23.5. The van der Waals surface area contributed by atoms with Crippen LogP contribution < -0.4 is 10.6 Å². The second kappa shape index (κ2) is 19.4. The van der Waals surface area contributed by atoms with E-state index in [9.17, 15) is 9.59 Å². The third kappa shape index (κ3) is 11.8. The van der Waals surface area contributed by atoms with Gasteiger partial charge >= 0.3 is 11.9 Å². The van der Waals surface area contributed by atoms with Gasteiger partial charge in [0.15, 0.2) is 0 Å². The number of nitrogens with one attached hydrogen (secondary N) is 2. The number of rotatable bonds is 21. The lowest BCUT2D eigenvalue weighted by molar-refractivity contribution is -0.155. The first-order valence-corrected chi connectivity index (χ1v) is 24.5. The van der Waals surface area contributed by atoms with Crippen molar-refractivity contribution in [3.8, 4) is 0 Å². The van der Waals surface area contributed by atoms with Crippen LogP contribution in [0.4, 0.5) is 0 Å². The normalized spacial score (nSPS) is 36.0. The molecule has 4 aliphatic carbocycles. The van der Waals surface area contributed by atoms with Crippen molar-refractivity contribution in [1.82, 2.24) is 10.6 Å². The maximum Gasteiger partial charge on any atom is 0.307 e. The molecule has 2 saturated heterocycles. The Morgan fingerprint density at radius 2 is 0.793 bits per heavy atom. The summed E-state index contributed by atoms with van der Waals surface area (Å²) in [5, 5.41) is 7.71. The first kappa shape index (κ1) is 46.3. The van der Waals surface area contributed by atoms with Crippen molar-refractivity contribution in [2.45, 2.75) is 221 Å². The third-order valence-corrected chi connectivity index (χ3v) is 16.0. The molecule has 6 aliphatic rings. The quantitative estimate of drug-likeness (QED) is 0.0874. The van der Waals surface area contributed by atoms with Gasteiger partial charge in [0.05, 0.1) is 50.5 Å². The SMILES string of the molecule is CCOC(=O)CC(NCCCCCCCCCCNC(CC(=O)OCC)[C@H]1O[C@@H]2CC(C)(C)C[C@@H]2[C@H]2CC(C)(C)C[C@H]21)[C@H]1O[C@@H]2CC(C)(C)C[C@@H]2[C@H]2CC(C)(C)C[C@H]21. The van der Waals surface area contributed by atoms with Gasteiger partial charge in [-0.2, -0.15) is 0 Å². The van der Waals surface area contributed by atoms with Crippen molar-refractivity contribution in [3.63, 3.8) is 0 Å². The Morgan fingerprint density at radius 1 is 0.483 bits per heavy atom. The van der Waals surface area contributed by atoms with Gasteiger partial charge in [-0.15, -0.1) is 0 Å². The number of hydrogen-bond donors (Lipinski definition) is 2. The summed E-state index contributed by atoms with van der Waals surface area (Å²) in [5.74, 6) is 3.52. The van der Waals surface area contributed by atoms with Gasteiger partial charge in [-0.25, -0.2) is 0 Å². The number of hydrogen-bond acceptors (Lipinski definition) is 8. The molecule has 2 heterocycles. The maximum atomic E-state index is 12.9. The van der Waals surface area contributed by atoms with Crippen LogP contribution in [0.5, 0.6) is 0 Å². The van der Waals surface area contributed by atoms with E-state index in [0.717, 1.165) is 38.8 Å². The smallest absolute Gasteiger partial charge is 0.307 e. The molecule has 4 saturated carbocycles. The summed E-state index contributed by atoms with van der Waals surface area (Å²) < 4.78 is 25.1. The molecule has 0 bridgehead atoms. The molecule has 6 rings (SSSR count). The van der Waals surface area contributed by atoms with Crippen molar-refractivity contribution in [2.75, 3.05) is 26.3 Å². The summed E-state index contributed by atoms with van der Waals surface area (Å²) in [6.45, 7) is 25.9. The number of esters is 2. The van der Waals surface area contributed by atoms with E-state index in [4.69, 9.17) is 18.9 Å². The molecule has 8 nitrogen and oxygen atoms in total. The monoisotopic (exact) mass is 813 g/mol. The molecule has 2 aliphatic heterocycles. The zero-order valence-electron chi connectivity index (χ0n) is 38.9. The van der Waals surface area contributed by atoms with E-state index >= 15 is 0 Å². The molecule has 58 heavy (non-hydrogen) atoms. The van der Waals surface area contributed by atoms with E-state index < -0.39 is 0 Å². The Labute approximate surface area is 354 Å². The maximum absolute atomic E-state index is 12.9. The van der Waals surface area contributed by atoms with Gasteiger partial charge in [-0.3, -0.25) is 9.59 Å². The highest BCUT2D eigenvalue weighted by molar-refractivity contribution is 5.70. The largest absolute Gasteiger partial charge is 0.466 e. The predicted molar refractivity (Wildman–Crippen MR) is 233 cm³/mol. The topological polar surface area (TPSA) is 95.1 Å². The summed E-state index contributed by atoms with van der Waals surface area (Å²) in [5.41, 5.74) is 1.31. The van der Waals surface area contributed by atoms with Gasteiger partial charge in [-0.05, 0) is 148 Å². The van der Waals surface area contributed by atoms with Crippen molar-refractivity contribution in [2.24, 2.45) is 57.2 Å². The Morgan fingerprint density at radius 3 is 1.16 bits per heavy atom. The van der Waals surface area contributed by atoms with Crippen molar-refractivity contribution in [3.05, 3.63) is 0 Å². The van der Waals surface area contributed by atoms with E-state index in [1.807, 2.05) is 13.8 Å². The van der Waals surface area contributed by atoms with Crippen LogP contribution in [0.25, 0.3) is 0 Å². The van der Waals surface area contributed by atoms with Crippen LogP contribution in [0.15, 0.2) is 0 Å². The van der Waals surface area contributed by atoms with Gasteiger partial charge < -0.3 is 29.6 Å². The van der Waals surface area contributed by atoms with Crippen LogP contribution in [0.3, 0.4) is 0 Å². The van der Waals surface area contributed by atoms with Gasteiger partial charge in [0.2, 0.25) is 0 Å². The molecular formula is C50H88N2O6. The third-order valence-electron chi connectivity index (χ3n) is 16.0. The average Bonchev–Trinajstić information content (AvgIpc) is 3.83. The molecule has 6 fully saturated rings. The minimum Gasteiger partial charge on any atom is -0.466 e. The minimum atomic E-state index is -0.101. The molecule has 0 aromatic rings. The molecule has 2 unspecified atom stereocenters. The minimum absolute atomic E-state index is 0.0125. The van der Waals surface area contributed by atoms with E-state index in [2.05, 4.69) is 66.0 Å². The summed E-state index contributed by atoms with van der Waals surface area (Å²) >= 11 is 0. The fourth-order valence-electron chi connectivity index (χ4n) is 13.9. The predicted octanol–water partition coefficient (Wildman–Crippen LogP) is 10.4. The molecule has 0 amide bonds. The molecule has 8 heteroatoms. The lowest BCUT2D eigenvalue weighted by Gasteiger charge is -2.45. The van der Waals surface area contributed by atoms with Crippen LogP contribution in [-0.4, -0.2) is 74.7 Å². The molecule has 334 valence electrons. The first-order chi connectivity index (χ1) is 27.4. The lowest BCUT2D eigenvalue weighted by Crippen LogP contribution is -2.54. The molecule has 0 aromatic carbocycles. The number of carbonyl (C=O) groups excluding carboxylic acids is 2. The highest BCUT2D eigenvalue weighted by atomic mass is 16.5. The first-order valence-electron chi connectivity index (χ1n) is 24.5. The fraction of sp³-hybridized carbons (Fsp3) is 0.960. The van der Waals surface area contributed by atoms with E-state index in [1.54, 1.807) is 0 Å². The van der Waals surface area contributed by atoms with Crippen LogP contribution in [0, 0.1) is 57.2 Å². The summed E-state index contributed by atoms with van der Waals surface area (Å²) in [4.78, 5) is 25.8. The second-order valence-corrected chi connectivity index (χ2v) is 23.5. The molecule has 2 N–H and O–H groups in total. The molecule has 0 radical (unpaired) electrons. The number of unbranched alkanes of at least 4 members (excludes halogenated alkanes) is 7. The van der Waals surface area contributed by atoms with Gasteiger partial charge in [-0.1, -0.05) is 93.9 Å². The van der Waals surface area contributed by atoms with E-state index in [-0.39, 0.29) is 36.2 Å². The molecule has 12 atom stereocenters. The van der Waals surface area contributed by atoms with Gasteiger partial charge in [0.1, 0.15) is 0 Å². The number of carbonyl (C=O) groups is 2. The number of ether oxygens (including phenoxy) is 4. The van der Waals surface area contributed by atoms with Gasteiger partial charge in [0.25, 0.3) is 0 Å². The zero-order chi connectivity index (χ0) is 41.9. The molecule has 0 aromatic heterocycles. The zero-order valence-corrected chi connectivity index (χ0v) is 38.9. The van der Waals surface area contributed by atoms with Crippen LogP contribution in [-0.2, 0) is 28.5 Å². The van der Waals surface area contributed by atoms with E-state index in [1.165, 1.54) is 77.0 Å². The summed E-state index contributed by atoms with van der Waals surface area (Å²) in [6.07, 6.45) is 21.0. The Kier molecular flexibility index (Phi) is 15.5.